The van der Waals surface area contributed by atoms with Crippen LogP contribution >= 0.6 is 0 Å². The van der Waals surface area contributed by atoms with Crippen molar-refractivity contribution in [3.8, 4) is 5.88 Å². The number of aromatic nitrogens is 5. The zero-order valence-corrected chi connectivity index (χ0v) is 15.0. The van der Waals surface area contributed by atoms with E-state index in [4.69, 9.17) is 4.74 Å². The molecule has 0 unspecified atom stereocenters. The maximum Gasteiger partial charge on any atom is 0.216 e. The monoisotopic (exact) mass is 363 g/mol. The third-order valence-corrected chi connectivity index (χ3v) is 4.50. The highest BCUT2D eigenvalue weighted by Gasteiger charge is 2.13. The van der Waals surface area contributed by atoms with Crippen molar-refractivity contribution >= 4 is 11.0 Å². The van der Waals surface area contributed by atoms with E-state index >= 15 is 0 Å². The lowest BCUT2D eigenvalue weighted by Crippen LogP contribution is -2.01. The van der Waals surface area contributed by atoms with Gasteiger partial charge in [-0.2, -0.15) is 4.39 Å². The Balaban J connectivity index is 1.56. The fourth-order valence-corrected chi connectivity index (χ4v) is 3.12. The maximum atomic E-state index is 14.6. The largest absolute Gasteiger partial charge is 0.481 e. The van der Waals surface area contributed by atoms with Crippen LogP contribution in [0.15, 0.2) is 43.0 Å². The van der Waals surface area contributed by atoms with Crippen molar-refractivity contribution in [1.29, 1.82) is 0 Å². The molecule has 0 saturated heterocycles. The van der Waals surface area contributed by atoms with Gasteiger partial charge < -0.3 is 9.72 Å². The summed E-state index contributed by atoms with van der Waals surface area (Å²) >= 11 is 0. The van der Waals surface area contributed by atoms with Crippen LogP contribution in [0.25, 0.3) is 11.0 Å². The van der Waals surface area contributed by atoms with Gasteiger partial charge in [-0.05, 0) is 24.1 Å². The first-order valence-electron chi connectivity index (χ1n) is 8.55. The van der Waals surface area contributed by atoms with E-state index in [9.17, 15) is 4.39 Å². The SMILES string of the molecule is COc1ccc(Cc2ccc(Cc3c[nH]c4ncnc(C)c34)c(F)n2)cn1. The second-order valence-electron chi connectivity index (χ2n) is 6.31. The number of methoxy groups -OCH3 is 1. The Morgan fingerprint density at radius 2 is 1.93 bits per heavy atom. The fraction of sp³-hybridized carbons (Fsp3) is 0.200. The Morgan fingerprint density at radius 3 is 2.67 bits per heavy atom. The fourth-order valence-electron chi connectivity index (χ4n) is 3.12. The molecular weight excluding hydrogens is 345 g/mol. The smallest absolute Gasteiger partial charge is 0.216 e. The molecule has 0 saturated carbocycles. The van der Waals surface area contributed by atoms with E-state index in [0.717, 1.165) is 27.9 Å². The molecule has 0 fully saturated rings. The van der Waals surface area contributed by atoms with Gasteiger partial charge in [0.2, 0.25) is 11.8 Å². The predicted octanol–water partition coefficient (Wildman–Crippen LogP) is 3.39. The van der Waals surface area contributed by atoms with Crippen LogP contribution in [0.4, 0.5) is 4.39 Å². The van der Waals surface area contributed by atoms with Crippen molar-refractivity contribution in [3.63, 3.8) is 0 Å². The molecule has 0 aliphatic carbocycles. The van der Waals surface area contributed by atoms with Crippen molar-refractivity contribution in [2.75, 3.05) is 7.11 Å². The summed E-state index contributed by atoms with van der Waals surface area (Å²) in [4.78, 5) is 19.8. The number of pyridine rings is 2. The number of hydrogen-bond donors (Lipinski definition) is 1. The van der Waals surface area contributed by atoms with Crippen LogP contribution in [-0.2, 0) is 12.8 Å². The van der Waals surface area contributed by atoms with Crippen LogP contribution in [0.2, 0.25) is 0 Å². The molecule has 0 aliphatic rings. The van der Waals surface area contributed by atoms with Crippen molar-refractivity contribution in [1.82, 2.24) is 24.9 Å². The molecule has 0 aromatic carbocycles. The number of fused-ring (bicyclic) bond motifs is 1. The number of halogens is 1. The third kappa shape index (κ3) is 3.48. The van der Waals surface area contributed by atoms with Crippen molar-refractivity contribution < 1.29 is 9.13 Å². The molecular formula is C20H18FN5O. The van der Waals surface area contributed by atoms with Crippen molar-refractivity contribution in [2.24, 2.45) is 0 Å². The summed E-state index contributed by atoms with van der Waals surface area (Å²) in [5, 5.41) is 0.935. The zero-order chi connectivity index (χ0) is 18.8. The van der Waals surface area contributed by atoms with E-state index in [-0.39, 0.29) is 0 Å². The molecule has 4 rings (SSSR count). The van der Waals surface area contributed by atoms with E-state index in [0.29, 0.717) is 30.0 Å². The Bertz CT molecular complexity index is 1090. The van der Waals surface area contributed by atoms with E-state index in [2.05, 4.69) is 24.9 Å². The molecule has 0 amide bonds. The van der Waals surface area contributed by atoms with Gasteiger partial charge in [0.15, 0.2) is 0 Å². The van der Waals surface area contributed by atoms with E-state index in [1.165, 1.54) is 6.33 Å². The van der Waals surface area contributed by atoms with Gasteiger partial charge in [-0.25, -0.2) is 19.9 Å². The lowest BCUT2D eigenvalue weighted by molar-refractivity contribution is 0.397. The van der Waals surface area contributed by atoms with Gasteiger partial charge in [0.25, 0.3) is 0 Å². The summed E-state index contributed by atoms with van der Waals surface area (Å²) in [5.41, 5.74) is 4.72. The molecule has 0 bridgehead atoms. The summed E-state index contributed by atoms with van der Waals surface area (Å²) in [7, 11) is 1.57. The average molecular weight is 363 g/mol. The quantitative estimate of drug-likeness (QED) is 0.550. The highest BCUT2D eigenvalue weighted by molar-refractivity contribution is 5.82. The molecule has 4 heterocycles. The Morgan fingerprint density at radius 1 is 1.04 bits per heavy atom. The summed E-state index contributed by atoms with van der Waals surface area (Å²) in [6.45, 7) is 1.92. The first-order valence-corrected chi connectivity index (χ1v) is 8.55. The molecule has 0 atom stereocenters. The molecule has 0 radical (unpaired) electrons. The molecule has 0 aliphatic heterocycles. The number of hydrogen-bond acceptors (Lipinski definition) is 5. The normalized spacial score (nSPS) is 11.1. The van der Waals surface area contributed by atoms with Gasteiger partial charge in [0, 0.05) is 47.9 Å². The Kier molecular flexibility index (Phi) is 4.50. The summed E-state index contributed by atoms with van der Waals surface area (Å²) in [6.07, 6.45) is 6.01. The first-order chi connectivity index (χ1) is 13.1. The number of nitrogens with zero attached hydrogens (tertiary/aromatic N) is 4. The van der Waals surface area contributed by atoms with Crippen LogP contribution in [-0.4, -0.2) is 32.0 Å². The standard InChI is InChI=1S/C20H18FN5O/c1-12-18-15(10-23-20(18)25-11-24-12)8-14-4-5-16(26-19(14)21)7-13-3-6-17(27-2)22-9-13/h3-6,9-11H,7-8H2,1-2H3,(H,23,24,25). The van der Waals surface area contributed by atoms with Crippen LogP contribution in [0.5, 0.6) is 5.88 Å². The number of ether oxygens (including phenoxy) is 1. The van der Waals surface area contributed by atoms with E-state index in [1.54, 1.807) is 25.4 Å². The topological polar surface area (TPSA) is 76.6 Å². The molecule has 136 valence electrons. The second-order valence-corrected chi connectivity index (χ2v) is 6.31. The van der Waals surface area contributed by atoms with E-state index < -0.39 is 5.95 Å². The van der Waals surface area contributed by atoms with Crippen molar-refractivity contribution in [2.45, 2.75) is 19.8 Å². The van der Waals surface area contributed by atoms with Gasteiger partial charge in [0.1, 0.15) is 12.0 Å². The molecule has 7 heteroatoms. The third-order valence-electron chi connectivity index (χ3n) is 4.50. The Labute approximate surface area is 155 Å². The maximum absolute atomic E-state index is 14.6. The lowest BCUT2D eigenvalue weighted by Gasteiger charge is -2.06. The molecule has 4 aromatic rings. The predicted molar refractivity (Wildman–Crippen MR) is 99.2 cm³/mol. The number of rotatable bonds is 5. The number of nitrogens with one attached hydrogen (secondary N) is 1. The molecule has 1 N–H and O–H groups in total. The van der Waals surface area contributed by atoms with Crippen LogP contribution in [0, 0.1) is 12.9 Å². The van der Waals surface area contributed by atoms with Crippen LogP contribution in [0.3, 0.4) is 0 Å². The van der Waals surface area contributed by atoms with Crippen molar-refractivity contribution in [3.05, 3.63) is 77.0 Å². The molecule has 27 heavy (non-hydrogen) atoms. The highest BCUT2D eigenvalue weighted by Crippen LogP contribution is 2.23. The molecule has 4 aromatic heterocycles. The average Bonchev–Trinajstić information content (AvgIpc) is 3.09. The highest BCUT2D eigenvalue weighted by atomic mass is 19.1. The minimum atomic E-state index is -0.460. The Hall–Kier alpha value is -3.35. The number of aromatic amines is 1. The number of H-pyrrole nitrogens is 1. The van der Waals surface area contributed by atoms with Crippen LogP contribution in [0.1, 0.15) is 28.1 Å². The van der Waals surface area contributed by atoms with Gasteiger partial charge in [-0.15, -0.1) is 0 Å². The number of aryl methyl sites for hydroxylation is 1. The summed E-state index contributed by atoms with van der Waals surface area (Å²) in [6, 6.07) is 7.31. The molecule has 6 nitrogen and oxygen atoms in total. The lowest BCUT2D eigenvalue weighted by atomic mass is 10.0. The minimum Gasteiger partial charge on any atom is -0.481 e. The van der Waals surface area contributed by atoms with E-state index in [1.807, 2.05) is 25.3 Å². The van der Waals surface area contributed by atoms with Gasteiger partial charge in [-0.1, -0.05) is 12.1 Å². The minimum absolute atomic E-state index is 0.428. The summed E-state index contributed by atoms with van der Waals surface area (Å²) < 4.78 is 19.6. The zero-order valence-electron chi connectivity index (χ0n) is 15.0. The van der Waals surface area contributed by atoms with Gasteiger partial charge in [0.05, 0.1) is 12.8 Å². The van der Waals surface area contributed by atoms with Gasteiger partial charge in [-0.3, -0.25) is 0 Å². The first kappa shape index (κ1) is 17.1. The van der Waals surface area contributed by atoms with Gasteiger partial charge >= 0.3 is 0 Å². The summed E-state index contributed by atoms with van der Waals surface area (Å²) in [5.74, 6) is 0.0871. The van der Waals surface area contributed by atoms with Crippen LogP contribution < -0.4 is 4.74 Å². The second kappa shape index (κ2) is 7.11. The molecule has 0 spiro atoms.